The Bertz CT molecular complexity index is 976. The molecule has 0 aliphatic heterocycles. The van der Waals surface area contributed by atoms with Crippen molar-refractivity contribution < 1.29 is 33.3 Å². The largest absolute Gasteiger partial charge is 0.462 e. The van der Waals surface area contributed by atoms with Gasteiger partial charge in [0.15, 0.2) is 6.79 Å². The highest BCUT2D eigenvalue weighted by atomic mass is 16.7. The van der Waals surface area contributed by atoms with Crippen LogP contribution in [0.1, 0.15) is 126 Å². The van der Waals surface area contributed by atoms with Gasteiger partial charge in [0.2, 0.25) is 0 Å². The van der Waals surface area contributed by atoms with Gasteiger partial charge in [-0.25, -0.2) is 0 Å². The zero-order valence-electron chi connectivity index (χ0n) is 27.7. The summed E-state index contributed by atoms with van der Waals surface area (Å²) in [6.45, 7) is 17.3. The van der Waals surface area contributed by atoms with Crippen LogP contribution in [0.4, 0.5) is 0 Å². The molecule has 240 valence electrons. The molecule has 7 heteroatoms. The number of rotatable bonds is 11. The quantitative estimate of drug-likeness (QED) is 0.107. The number of carbonyl (C=O) groups excluding carboxylic acids is 3. The molecule has 0 radical (unpaired) electrons. The van der Waals surface area contributed by atoms with Crippen molar-refractivity contribution >= 4 is 17.9 Å². The van der Waals surface area contributed by atoms with Crippen LogP contribution in [0.25, 0.3) is 0 Å². The van der Waals surface area contributed by atoms with E-state index in [1.807, 2.05) is 27.7 Å². The van der Waals surface area contributed by atoms with E-state index in [4.69, 9.17) is 18.9 Å². The standard InChI is InChI=1S/C35H58O7/c1-9-33(5,6)32(38)42-25-15-17-34(7)24(19-25)20-29(41-23(4)36)31-27-13-12-26(35(27,8)18-16-28(31)34)22(3)11-14-30(37)40-21-39-10-2/h22,24-29,31H,9-21H2,1-8H3. The summed E-state index contributed by atoms with van der Waals surface area (Å²) < 4.78 is 22.7. The highest BCUT2D eigenvalue weighted by Crippen LogP contribution is 2.69. The van der Waals surface area contributed by atoms with Gasteiger partial charge < -0.3 is 18.9 Å². The smallest absolute Gasteiger partial charge is 0.311 e. The molecule has 0 spiro atoms. The predicted octanol–water partition coefficient (Wildman–Crippen LogP) is 7.49. The first-order valence-corrected chi connectivity index (χ1v) is 16.9. The lowest BCUT2D eigenvalue weighted by Crippen LogP contribution is -2.59. The van der Waals surface area contributed by atoms with Crippen LogP contribution < -0.4 is 0 Å². The maximum absolute atomic E-state index is 12.9. The Morgan fingerprint density at radius 2 is 1.62 bits per heavy atom. The highest BCUT2D eigenvalue weighted by molar-refractivity contribution is 5.76. The van der Waals surface area contributed by atoms with Gasteiger partial charge in [0, 0.05) is 25.9 Å². The Hall–Kier alpha value is -1.63. The second kappa shape index (κ2) is 13.2. The summed E-state index contributed by atoms with van der Waals surface area (Å²) >= 11 is 0. The number of hydrogen-bond acceptors (Lipinski definition) is 7. The van der Waals surface area contributed by atoms with E-state index in [0.29, 0.717) is 48.5 Å². The first kappa shape index (κ1) is 33.3. The molecule has 0 aromatic carbocycles. The molecule has 4 aliphatic rings. The van der Waals surface area contributed by atoms with Crippen LogP contribution in [-0.2, 0) is 33.3 Å². The van der Waals surface area contributed by atoms with E-state index in [2.05, 4.69) is 20.8 Å². The molecular formula is C35H58O7. The van der Waals surface area contributed by atoms with Gasteiger partial charge in [-0.05, 0) is 125 Å². The fourth-order valence-corrected chi connectivity index (χ4v) is 9.84. The molecule has 4 saturated carbocycles. The molecule has 0 aromatic heterocycles. The van der Waals surface area contributed by atoms with E-state index in [1.54, 1.807) is 6.92 Å². The fraction of sp³-hybridized carbons (Fsp3) is 0.914. The van der Waals surface area contributed by atoms with Crippen LogP contribution in [0.2, 0.25) is 0 Å². The van der Waals surface area contributed by atoms with Gasteiger partial charge in [-0.15, -0.1) is 0 Å². The summed E-state index contributed by atoms with van der Waals surface area (Å²) in [5, 5.41) is 0. The SMILES string of the molecule is CCOCOC(=O)CCC(C)C1CCC2C3C(OC(C)=O)CC4CC(OC(=O)C(C)(C)CC)CCC4(C)C3CCC12C. The van der Waals surface area contributed by atoms with Crippen LogP contribution in [0.15, 0.2) is 0 Å². The molecule has 10 atom stereocenters. The summed E-state index contributed by atoms with van der Waals surface area (Å²) in [6.07, 6.45) is 10.2. The Labute approximate surface area is 254 Å². The number of hydrogen-bond donors (Lipinski definition) is 0. The number of carbonyl (C=O) groups is 3. The van der Waals surface area contributed by atoms with Gasteiger partial charge in [-0.3, -0.25) is 14.4 Å². The van der Waals surface area contributed by atoms with Gasteiger partial charge in [0.1, 0.15) is 12.2 Å². The Morgan fingerprint density at radius 1 is 0.929 bits per heavy atom. The van der Waals surface area contributed by atoms with Crippen molar-refractivity contribution in [1.29, 1.82) is 0 Å². The van der Waals surface area contributed by atoms with Gasteiger partial charge in [0.25, 0.3) is 0 Å². The van der Waals surface area contributed by atoms with Crippen molar-refractivity contribution in [3.05, 3.63) is 0 Å². The number of esters is 3. The predicted molar refractivity (Wildman–Crippen MR) is 161 cm³/mol. The van der Waals surface area contributed by atoms with E-state index in [-0.39, 0.29) is 47.7 Å². The zero-order valence-corrected chi connectivity index (χ0v) is 27.7. The molecule has 4 aliphatic carbocycles. The van der Waals surface area contributed by atoms with Crippen molar-refractivity contribution in [2.45, 2.75) is 138 Å². The fourth-order valence-electron chi connectivity index (χ4n) is 9.84. The van der Waals surface area contributed by atoms with E-state index >= 15 is 0 Å². The average Bonchev–Trinajstić information content (AvgIpc) is 3.29. The van der Waals surface area contributed by atoms with Gasteiger partial charge in [-0.2, -0.15) is 0 Å². The maximum atomic E-state index is 12.9. The molecule has 42 heavy (non-hydrogen) atoms. The lowest BCUT2D eigenvalue weighted by atomic mass is 9.43. The lowest BCUT2D eigenvalue weighted by Gasteiger charge is -2.62. The summed E-state index contributed by atoms with van der Waals surface area (Å²) in [6, 6.07) is 0. The maximum Gasteiger partial charge on any atom is 0.311 e. The lowest BCUT2D eigenvalue weighted by molar-refractivity contribution is -0.199. The highest BCUT2D eigenvalue weighted by Gasteiger charge is 2.64. The Balaban J connectivity index is 1.48. The van der Waals surface area contributed by atoms with Gasteiger partial charge >= 0.3 is 17.9 Å². The third-order valence-corrected chi connectivity index (χ3v) is 12.7. The van der Waals surface area contributed by atoms with E-state index in [1.165, 1.54) is 6.42 Å². The molecule has 0 amide bonds. The van der Waals surface area contributed by atoms with Crippen LogP contribution in [0, 0.1) is 51.8 Å². The summed E-state index contributed by atoms with van der Waals surface area (Å²) in [7, 11) is 0. The van der Waals surface area contributed by atoms with Crippen molar-refractivity contribution in [2.24, 2.45) is 51.8 Å². The number of fused-ring (bicyclic) bond motifs is 5. The Morgan fingerprint density at radius 3 is 2.29 bits per heavy atom. The van der Waals surface area contributed by atoms with Gasteiger partial charge in [-0.1, -0.05) is 27.7 Å². The molecular weight excluding hydrogens is 532 g/mol. The van der Waals surface area contributed by atoms with Crippen molar-refractivity contribution in [3.8, 4) is 0 Å². The zero-order chi connectivity index (χ0) is 30.9. The van der Waals surface area contributed by atoms with E-state index in [9.17, 15) is 14.4 Å². The second-order valence-corrected chi connectivity index (χ2v) is 15.3. The van der Waals surface area contributed by atoms with Crippen LogP contribution >= 0.6 is 0 Å². The van der Waals surface area contributed by atoms with Crippen molar-refractivity contribution in [3.63, 3.8) is 0 Å². The summed E-state index contributed by atoms with van der Waals surface area (Å²) in [5.41, 5.74) is -0.123. The third-order valence-electron chi connectivity index (χ3n) is 12.7. The molecule has 0 aromatic rings. The average molecular weight is 591 g/mol. The number of ether oxygens (including phenoxy) is 4. The molecule has 0 N–H and O–H groups in total. The van der Waals surface area contributed by atoms with E-state index < -0.39 is 5.41 Å². The molecule has 0 heterocycles. The van der Waals surface area contributed by atoms with Crippen molar-refractivity contribution in [1.82, 2.24) is 0 Å². The molecule has 0 bridgehead atoms. The molecule has 4 rings (SSSR count). The minimum atomic E-state index is -0.466. The normalized spacial score (nSPS) is 38.4. The molecule has 4 fully saturated rings. The van der Waals surface area contributed by atoms with E-state index in [0.717, 1.165) is 57.8 Å². The van der Waals surface area contributed by atoms with Crippen LogP contribution in [0.3, 0.4) is 0 Å². The minimum Gasteiger partial charge on any atom is -0.462 e. The van der Waals surface area contributed by atoms with Crippen LogP contribution in [-0.4, -0.2) is 43.5 Å². The summed E-state index contributed by atoms with van der Waals surface area (Å²) in [5.74, 6) is 2.26. The minimum absolute atomic E-state index is 0.0349. The first-order chi connectivity index (χ1) is 19.8. The second-order valence-electron chi connectivity index (χ2n) is 15.3. The van der Waals surface area contributed by atoms with Crippen molar-refractivity contribution in [2.75, 3.05) is 13.4 Å². The van der Waals surface area contributed by atoms with Crippen LogP contribution in [0.5, 0.6) is 0 Å². The monoisotopic (exact) mass is 590 g/mol. The third kappa shape index (κ3) is 6.56. The van der Waals surface area contributed by atoms with Gasteiger partial charge in [0.05, 0.1) is 5.41 Å². The molecule has 10 unspecified atom stereocenters. The first-order valence-electron chi connectivity index (χ1n) is 16.9. The molecule has 0 saturated heterocycles. The Kier molecular flexibility index (Phi) is 10.4. The topological polar surface area (TPSA) is 88.1 Å². The molecule has 7 nitrogen and oxygen atoms in total. The summed E-state index contributed by atoms with van der Waals surface area (Å²) in [4.78, 5) is 37.6.